The van der Waals surface area contributed by atoms with Gasteiger partial charge in [0.2, 0.25) is 0 Å². The van der Waals surface area contributed by atoms with Crippen LogP contribution in [-0.4, -0.2) is 34.0 Å². The Labute approximate surface area is 212 Å². The molecule has 1 saturated heterocycles. The number of benzene rings is 2. The summed E-state index contributed by atoms with van der Waals surface area (Å²) in [5.74, 6) is -0.540. The van der Waals surface area contributed by atoms with Crippen LogP contribution in [0.2, 0.25) is 10.0 Å². The van der Waals surface area contributed by atoms with Gasteiger partial charge in [0, 0.05) is 47.6 Å². The Hall–Kier alpha value is -2.13. The predicted octanol–water partition coefficient (Wildman–Crippen LogP) is 5.86. The Morgan fingerprint density at radius 3 is 2.29 bits per heavy atom. The van der Waals surface area contributed by atoms with E-state index in [0.717, 1.165) is 29.9 Å². The van der Waals surface area contributed by atoms with Gasteiger partial charge in [0.05, 0.1) is 0 Å². The number of halogens is 2. The van der Waals surface area contributed by atoms with Crippen LogP contribution in [-0.2, 0) is 27.3 Å². The van der Waals surface area contributed by atoms with Gasteiger partial charge in [-0.3, -0.25) is 0 Å². The topological polar surface area (TPSA) is 76.0 Å². The van der Waals surface area contributed by atoms with Crippen LogP contribution in [0.1, 0.15) is 16.2 Å². The second-order valence-corrected chi connectivity index (χ2v) is 11.8. The first-order valence-electron chi connectivity index (χ1n) is 10.6. The van der Waals surface area contributed by atoms with Crippen LogP contribution in [0.15, 0.2) is 59.9 Å². The molecule has 5 nitrogen and oxygen atoms in total. The second kappa shape index (κ2) is 8.22. The van der Waals surface area contributed by atoms with Crippen molar-refractivity contribution in [3.8, 4) is 0 Å². The largest absolute Gasteiger partial charge is 0.489 e. The van der Waals surface area contributed by atoms with Crippen molar-refractivity contribution in [3.05, 3.63) is 79.7 Å². The molecule has 1 aliphatic heterocycles. The van der Waals surface area contributed by atoms with E-state index in [4.69, 9.17) is 32.7 Å². The average molecular weight is 533 g/mol. The zero-order valence-corrected chi connectivity index (χ0v) is 20.7. The number of esters is 1. The van der Waals surface area contributed by atoms with Crippen LogP contribution >= 0.6 is 45.9 Å². The third-order valence-electron chi connectivity index (χ3n) is 6.30. The number of carbonyl (C=O) groups excluding carboxylic acids is 1. The van der Waals surface area contributed by atoms with E-state index in [2.05, 4.69) is 0 Å². The lowest BCUT2D eigenvalue weighted by molar-refractivity contribution is -0.153. The van der Waals surface area contributed by atoms with Crippen molar-refractivity contribution in [2.75, 3.05) is 0 Å². The molecule has 3 heterocycles. The number of carbonyl (C=O) groups is 1. The second-order valence-electron chi connectivity index (χ2n) is 8.55. The maximum atomic E-state index is 12.6. The summed E-state index contributed by atoms with van der Waals surface area (Å²) in [5.41, 5.74) is -1.47. The van der Waals surface area contributed by atoms with Crippen molar-refractivity contribution in [1.82, 2.24) is 0 Å². The molecule has 9 heteroatoms. The molecule has 0 amide bonds. The lowest BCUT2D eigenvalue weighted by atomic mass is 9.80. The summed E-state index contributed by atoms with van der Waals surface area (Å²) in [6, 6.07) is 15.3. The van der Waals surface area contributed by atoms with Crippen molar-refractivity contribution in [2.45, 2.75) is 37.3 Å². The molecule has 4 aromatic rings. The van der Waals surface area contributed by atoms with E-state index in [9.17, 15) is 15.0 Å². The first-order valence-corrected chi connectivity index (χ1v) is 13.0. The molecule has 1 fully saturated rings. The van der Waals surface area contributed by atoms with Gasteiger partial charge < -0.3 is 19.7 Å². The van der Waals surface area contributed by atoms with Gasteiger partial charge in [0.25, 0.3) is 0 Å². The Morgan fingerprint density at radius 2 is 1.62 bits per heavy atom. The van der Waals surface area contributed by atoms with Gasteiger partial charge in [-0.2, -0.15) is 0 Å². The van der Waals surface area contributed by atoms with Crippen molar-refractivity contribution < 1.29 is 24.5 Å². The van der Waals surface area contributed by atoms with Gasteiger partial charge in [-0.15, -0.1) is 22.7 Å². The van der Waals surface area contributed by atoms with E-state index in [1.807, 2.05) is 48.5 Å². The lowest BCUT2D eigenvalue weighted by Gasteiger charge is -2.31. The fourth-order valence-electron chi connectivity index (χ4n) is 4.63. The quantitative estimate of drug-likeness (QED) is 0.315. The zero-order valence-electron chi connectivity index (χ0n) is 17.6. The maximum Gasteiger partial charge on any atom is 0.343 e. The van der Waals surface area contributed by atoms with E-state index in [-0.39, 0.29) is 25.2 Å². The number of hydrogen-bond donors (Lipinski definition) is 2. The molecule has 34 heavy (non-hydrogen) atoms. The van der Waals surface area contributed by atoms with Gasteiger partial charge in [0.1, 0.15) is 24.6 Å². The van der Waals surface area contributed by atoms with Gasteiger partial charge in [-0.05, 0) is 47.2 Å². The fourth-order valence-corrected chi connectivity index (χ4v) is 7.24. The molecule has 2 N–H and O–H groups in total. The predicted molar refractivity (Wildman–Crippen MR) is 135 cm³/mol. The number of aliphatic hydroxyl groups excluding tert-OH is 1. The van der Waals surface area contributed by atoms with Gasteiger partial charge in [-0.25, -0.2) is 4.79 Å². The van der Waals surface area contributed by atoms with Crippen LogP contribution in [0, 0.1) is 0 Å². The first kappa shape index (κ1) is 22.3. The van der Waals surface area contributed by atoms with Gasteiger partial charge in [-0.1, -0.05) is 35.3 Å². The van der Waals surface area contributed by atoms with E-state index in [1.54, 1.807) is 11.3 Å². The molecule has 6 rings (SSSR count). The SMILES string of the molecule is O=C1O[C@@H]2C[C@@]1(O)C(Cc1cc3ccc(Cl)cc3s1)=C(OCc1cc3ccc(Cl)cc3s1)[C@H]2O. The molecule has 0 spiro atoms. The zero-order chi connectivity index (χ0) is 23.6. The maximum absolute atomic E-state index is 12.6. The van der Waals surface area contributed by atoms with Gasteiger partial charge in [0.15, 0.2) is 5.60 Å². The van der Waals surface area contributed by atoms with Crippen molar-refractivity contribution >= 4 is 72.0 Å². The normalized spacial score (nSPS) is 24.3. The summed E-state index contributed by atoms with van der Waals surface area (Å²) in [7, 11) is 0. The third-order valence-corrected chi connectivity index (χ3v) is 8.94. The van der Waals surface area contributed by atoms with Crippen molar-refractivity contribution in [1.29, 1.82) is 0 Å². The molecule has 0 radical (unpaired) electrons. The molecule has 2 bridgehead atoms. The molecule has 174 valence electrons. The van der Waals surface area contributed by atoms with E-state index in [1.165, 1.54) is 11.3 Å². The van der Waals surface area contributed by atoms with Crippen LogP contribution in [0.4, 0.5) is 0 Å². The highest BCUT2D eigenvalue weighted by Crippen LogP contribution is 2.45. The number of rotatable bonds is 5. The minimum absolute atomic E-state index is 0.00725. The van der Waals surface area contributed by atoms with Crippen molar-refractivity contribution in [3.63, 3.8) is 0 Å². The standard InChI is InChI=1S/C25H18Cl2O5S2/c26-14-3-1-12-5-16(33-20(12)7-14)9-18-23(22(28)19-10-25(18,30)24(29)32-19)31-11-17-6-13-2-4-15(27)8-21(13)34-17/h1-8,19,22,28,30H,9-11H2/t19-,22+,25-/m1/s1. The van der Waals surface area contributed by atoms with Gasteiger partial charge >= 0.3 is 5.97 Å². The summed E-state index contributed by atoms with van der Waals surface area (Å²) in [5, 5.41) is 25.6. The Kier molecular flexibility index (Phi) is 5.40. The molecule has 2 aromatic carbocycles. The van der Waals surface area contributed by atoms with E-state index >= 15 is 0 Å². The van der Waals surface area contributed by atoms with Crippen molar-refractivity contribution in [2.24, 2.45) is 0 Å². The Bertz CT molecular complexity index is 1490. The summed E-state index contributed by atoms with van der Waals surface area (Å²) in [4.78, 5) is 14.5. The van der Waals surface area contributed by atoms with E-state index < -0.39 is 23.8 Å². The lowest BCUT2D eigenvalue weighted by Crippen LogP contribution is -2.44. The van der Waals surface area contributed by atoms with Crippen LogP contribution < -0.4 is 0 Å². The average Bonchev–Trinajstić information content (AvgIpc) is 3.46. The number of ether oxygens (including phenoxy) is 2. The smallest absolute Gasteiger partial charge is 0.343 e. The minimum Gasteiger partial charge on any atom is -0.489 e. The Morgan fingerprint density at radius 1 is 1.00 bits per heavy atom. The molecule has 0 unspecified atom stereocenters. The monoisotopic (exact) mass is 532 g/mol. The highest BCUT2D eigenvalue weighted by atomic mass is 35.5. The van der Waals surface area contributed by atoms with Crippen LogP contribution in [0.5, 0.6) is 0 Å². The highest BCUT2D eigenvalue weighted by molar-refractivity contribution is 7.19. The summed E-state index contributed by atoms with van der Waals surface area (Å²) >= 11 is 15.3. The number of fused-ring (bicyclic) bond motifs is 4. The number of aliphatic hydroxyl groups is 2. The Balaban J connectivity index is 1.37. The third kappa shape index (κ3) is 3.71. The molecule has 2 aromatic heterocycles. The first-order chi connectivity index (χ1) is 16.3. The fraction of sp³-hybridized carbons (Fsp3) is 0.240. The molecule has 0 saturated carbocycles. The highest BCUT2D eigenvalue weighted by Gasteiger charge is 2.58. The number of thiophene rings is 2. The van der Waals surface area contributed by atoms with E-state index in [0.29, 0.717) is 15.6 Å². The molecule has 2 aliphatic rings. The number of hydrogen-bond acceptors (Lipinski definition) is 7. The molecule has 1 aliphatic carbocycles. The van der Waals surface area contributed by atoms with Crippen LogP contribution in [0.25, 0.3) is 20.2 Å². The summed E-state index contributed by atoms with van der Waals surface area (Å²) in [6.07, 6.45) is -1.72. The summed E-state index contributed by atoms with van der Waals surface area (Å²) in [6.45, 7) is 0.186. The molecular formula is C25H18Cl2O5S2. The minimum atomic E-state index is -1.82. The molecular weight excluding hydrogens is 515 g/mol. The van der Waals surface area contributed by atoms with Crippen LogP contribution in [0.3, 0.4) is 0 Å². The summed E-state index contributed by atoms with van der Waals surface area (Å²) < 4.78 is 13.4. The molecule has 3 atom stereocenters.